The molecule has 2 aromatic carbocycles. The summed E-state index contributed by atoms with van der Waals surface area (Å²) in [6, 6.07) is 9.94. The Balaban J connectivity index is 1.73. The third-order valence-corrected chi connectivity index (χ3v) is 3.41. The lowest BCUT2D eigenvalue weighted by atomic mass is 10.1. The van der Waals surface area contributed by atoms with Gasteiger partial charge in [-0.3, -0.25) is 9.59 Å². The average Bonchev–Trinajstić information content (AvgIpc) is 2.54. The van der Waals surface area contributed by atoms with Gasteiger partial charge in [-0.15, -0.1) is 0 Å². The van der Waals surface area contributed by atoms with Crippen LogP contribution in [-0.2, 0) is 11.2 Å². The highest BCUT2D eigenvalue weighted by Crippen LogP contribution is 2.09. The van der Waals surface area contributed by atoms with Gasteiger partial charge in [0.25, 0.3) is 5.91 Å². The number of carbonyl (C=O) groups is 2. The molecule has 126 valence electrons. The third-order valence-electron chi connectivity index (χ3n) is 3.41. The lowest BCUT2D eigenvalue weighted by Crippen LogP contribution is -2.35. The number of amides is 2. The van der Waals surface area contributed by atoms with Crippen molar-refractivity contribution in [2.75, 3.05) is 13.1 Å². The van der Waals surface area contributed by atoms with Crippen molar-refractivity contribution < 1.29 is 18.4 Å². The van der Waals surface area contributed by atoms with Crippen molar-refractivity contribution in [3.8, 4) is 0 Å². The van der Waals surface area contributed by atoms with Crippen LogP contribution in [0.4, 0.5) is 8.78 Å². The molecule has 0 fully saturated rings. The van der Waals surface area contributed by atoms with Gasteiger partial charge in [0, 0.05) is 18.7 Å². The summed E-state index contributed by atoms with van der Waals surface area (Å²) in [5.74, 6) is -1.34. The van der Waals surface area contributed by atoms with Crippen LogP contribution < -0.4 is 10.6 Å². The maximum Gasteiger partial charge on any atom is 0.251 e. The standard InChI is InChI=1S/C18H18F2N2O2/c1-12-9-14(5-6-16(12)20)18(24)22-8-7-21-17(23)11-13-3-2-4-15(19)10-13/h2-6,9-10H,7-8,11H2,1H3,(H,21,23)(H,22,24). The molecule has 0 aromatic heterocycles. The highest BCUT2D eigenvalue weighted by atomic mass is 19.1. The smallest absolute Gasteiger partial charge is 0.251 e. The molecule has 24 heavy (non-hydrogen) atoms. The van der Waals surface area contributed by atoms with Crippen LogP contribution in [0.2, 0.25) is 0 Å². The predicted molar refractivity (Wildman–Crippen MR) is 86.6 cm³/mol. The Kier molecular flexibility index (Phi) is 6.01. The van der Waals surface area contributed by atoms with E-state index in [1.165, 1.54) is 30.3 Å². The highest BCUT2D eigenvalue weighted by molar-refractivity contribution is 5.94. The Labute approximate surface area is 138 Å². The molecule has 0 bridgehead atoms. The zero-order chi connectivity index (χ0) is 17.5. The molecular weight excluding hydrogens is 314 g/mol. The molecule has 4 nitrogen and oxygen atoms in total. The van der Waals surface area contributed by atoms with Crippen LogP contribution in [0.15, 0.2) is 42.5 Å². The zero-order valence-electron chi connectivity index (χ0n) is 13.2. The molecule has 2 N–H and O–H groups in total. The van der Waals surface area contributed by atoms with Gasteiger partial charge in [0.1, 0.15) is 11.6 Å². The van der Waals surface area contributed by atoms with Crippen LogP contribution in [0.3, 0.4) is 0 Å². The van der Waals surface area contributed by atoms with Crippen molar-refractivity contribution in [2.24, 2.45) is 0 Å². The SMILES string of the molecule is Cc1cc(C(=O)NCCNC(=O)Cc2cccc(F)c2)ccc1F. The van der Waals surface area contributed by atoms with Crippen molar-refractivity contribution in [1.82, 2.24) is 10.6 Å². The van der Waals surface area contributed by atoms with E-state index >= 15 is 0 Å². The first-order chi connectivity index (χ1) is 11.5. The van der Waals surface area contributed by atoms with Gasteiger partial charge in [0.15, 0.2) is 0 Å². The van der Waals surface area contributed by atoms with E-state index in [1.54, 1.807) is 19.1 Å². The summed E-state index contributed by atoms with van der Waals surface area (Å²) in [5.41, 5.74) is 1.34. The maximum absolute atomic E-state index is 13.2. The largest absolute Gasteiger partial charge is 0.354 e. The molecule has 0 saturated carbocycles. The summed E-state index contributed by atoms with van der Waals surface area (Å²) in [4.78, 5) is 23.6. The zero-order valence-corrected chi connectivity index (χ0v) is 13.2. The third kappa shape index (κ3) is 5.15. The molecule has 6 heteroatoms. The second-order valence-corrected chi connectivity index (χ2v) is 5.38. The summed E-state index contributed by atoms with van der Waals surface area (Å²) in [6.07, 6.45) is 0.0723. The second kappa shape index (κ2) is 8.19. The van der Waals surface area contributed by atoms with Crippen LogP contribution in [0.1, 0.15) is 21.5 Å². The summed E-state index contributed by atoms with van der Waals surface area (Å²) < 4.78 is 26.2. The molecule has 0 radical (unpaired) electrons. The summed E-state index contributed by atoms with van der Waals surface area (Å²) in [6.45, 7) is 2.07. The molecular formula is C18H18F2N2O2. The minimum Gasteiger partial charge on any atom is -0.354 e. The summed E-state index contributed by atoms with van der Waals surface area (Å²) in [5, 5.41) is 5.28. The van der Waals surface area contributed by atoms with Gasteiger partial charge in [-0.25, -0.2) is 8.78 Å². The van der Waals surface area contributed by atoms with E-state index in [4.69, 9.17) is 0 Å². The first-order valence-electron chi connectivity index (χ1n) is 7.51. The summed E-state index contributed by atoms with van der Waals surface area (Å²) >= 11 is 0. The minimum absolute atomic E-state index is 0.0723. The molecule has 0 aliphatic carbocycles. The molecule has 0 aliphatic rings. The Hall–Kier alpha value is -2.76. The van der Waals surface area contributed by atoms with Gasteiger partial charge >= 0.3 is 0 Å². The van der Waals surface area contributed by atoms with E-state index in [-0.39, 0.29) is 43.0 Å². The fourth-order valence-electron chi connectivity index (χ4n) is 2.16. The van der Waals surface area contributed by atoms with Crippen LogP contribution in [0.5, 0.6) is 0 Å². The highest BCUT2D eigenvalue weighted by Gasteiger charge is 2.08. The van der Waals surface area contributed by atoms with Crippen molar-refractivity contribution in [2.45, 2.75) is 13.3 Å². The van der Waals surface area contributed by atoms with E-state index in [0.29, 0.717) is 16.7 Å². The van der Waals surface area contributed by atoms with Gasteiger partial charge in [0.05, 0.1) is 6.42 Å². The van der Waals surface area contributed by atoms with Gasteiger partial charge in [-0.1, -0.05) is 12.1 Å². The number of hydrogen-bond acceptors (Lipinski definition) is 2. The number of nitrogens with one attached hydrogen (secondary N) is 2. The van der Waals surface area contributed by atoms with Crippen molar-refractivity contribution >= 4 is 11.8 Å². The lowest BCUT2D eigenvalue weighted by Gasteiger charge is -2.08. The number of rotatable bonds is 6. The number of aryl methyl sites for hydroxylation is 1. The van der Waals surface area contributed by atoms with E-state index in [1.807, 2.05) is 0 Å². The molecule has 0 heterocycles. The Morgan fingerprint density at radius 1 is 1.00 bits per heavy atom. The topological polar surface area (TPSA) is 58.2 Å². The quantitative estimate of drug-likeness (QED) is 0.798. The van der Waals surface area contributed by atoms with Crippen molar-refractivity contribution in [3.05, 3.63) is 70.8 Å². The van der Waals surface area contributed by atoms with Crippen molar-refractivity contribution in [1.29, 1.82) is 0 Å². The van der Waals surface area contributed by atoms with Crippen molar-refractivity contribution in [3.63, 3.8) is 0 Å². The Morgan fingerprint density at radius 3 is 2.46 bits per heavy atom. The monoisotopic (exact) mass is 332 g/mol. The van der Waals surface area contributed by atoms with Gasteiger partial charge in [-0.05, 0) is 48.4 Å². The van der Waals surface area contributed by atoms with E-state index in [2.05, 4.69) is 10.6 Å². The van der Waals surface area contributed by atoms with Gasteiger partial charge in [-0.2, -0.15) is 0 Å². The molecule has 2 amide bonds. The van der Waals surface area contributed by atoms with Crippen LogP contribution in [0, 0.1) is 18.6 Å². The minimum atomic E-state index is -0.387. The van der Waals surface area contributed by atoms with E-state index in [9.17, 15) is 18.4 Å². The lowest BCUT2D eigenvalue weighted by molar-refractivity contribution is -0.120. The Morgan fingerprint density at radius 2 is 1.75 bits per heavy atom. The Bertz CT molecular complexity index is 748. The first-order valence-corrected chi connectivity index (χ1v) is 7.51. The second-order valence-electron chi connectivity index (χ2n) is 5.38. The molecule has 0 aliphatic heterocycles. The molecule has 0 spiro atoms. The number of hydrogen-bond donors (Lipinski definition) is 2. The van der Waals surface area contributed by atoms with Crippen LogP contribution in [0.25, 0.3) is 0 Å². The maximum atomic E-state index is 13.2. The molecule has 0 atom stereocenters. The van der Waals surface area contributed by atoms with E-state index < -0.39 is 0 Å². The molecule has 2 aromatic rings. The fraction of sp³-hybridized carbons (Fsp3) is 0.222. The van der Waals surface area contributed by atoms with Gasteiger partial charge < -0.3 is 10.6 Å². The fourth-order valence-corrected chi connectivity index (χ4v) is 2.16. The number of halogens is 2. The average molecular weight is 332 g/mol. The normalized spacial score (nSPS) is 10.3. The summed E-state index contributed by atoms with van der Waals surface area (Å²) in [7, 11) is 0. The molecule has 2 rings (SSSR count). The predicted octanol–water partition coefficient (Wildman–Crippen LogP) is 2.36. The van der Waals surface area contributed by atoms with Crippen LogP contribution in [-0.4, -0.2) is 24.9 Å². The van der Waals surface area contributed by atoms with E-state index in [0.717, 1.165) is 0 Å². The first kappa shape index (κ1) is 17.6. The molecule has 0 unspecified atom stereocenters. The number of benzene rings is 2. The number of carbonyl (C=O) groups excluding carboxylic acids is 2. The van der Waals surface area contributed by atoms with Gasteiger partial charge in [0.2, 0.25) is 5.91 Å². The van der Waals surface area contributed by atoms with Crippen LogP contribution >= 0.6 is 0 Å². The molecule has 0 saturated heterocycles.